The second kappa shape index (κ2) is 9.15. The molecular formula is C28H26ClNO4. The highest BCUT2D eigenvalue weighted by Crippen LogP contribution is 2.51. The van der Waals surface area contributed by atoms with Crippen LogP contribution in [0.1, 0.15) is 46.2 Å². The summed E-state index contributed by atoms with van der Waals surface area (Å²) in [6.07, 6.45) is 1.61. The highest BCUT2D eigenvalue weighted by atomic mass is 35.5. The minimum absolute atomic E-state index is 0.0589. The number of carboxylic acid groups (broad SMARTS) is 1. The fourth-order valence-corrected chi connectivity index (χ4v) is 5.35. The molecule has 1 heterocycles. The van der Waals surface area contributed by atoms with E-state index < -0.39 is 18.6 Å². The summed E-state index contributed by atoms with van der Waals surface area (Å²) < 4.78 is 5.64. The van der Waals surface area contributed by atoms with Gasteiger partial charge in [-0.05, 0) is 66.1 Å². The zero-order chi connectivity index (χ0) is 23.8. The monoisotopic (exact) mass is 475 g/mol. The third kappa shape index (κ3) is 4.28. The molecule has 0 bridgehead atoms. The van der Waals surface area contributed by atoms with Crippen LogP contribution in [0, 0.1) is 12.8 Å². The van der Waals surface area contributed by atoms with Crippen molar-refractivity contribution in [2.75, 3.05) is 13.2 Å². The Hall–Kier alpha value is -3.31. The van der Waals surface area contributed by atoms with Crippen LogP contribution in [0.4, 0.5) is 0 Å². The van der Waals surface area contributed by atoms with Gasteiger partial charge in [0.1, 0.15) is 5.75 Å². The summed E-state index contributed by atoms with van der Waals surface area (Å²) in [4.78, 5) is 27.0. The Morgan fingerprint density at radius 3 is 2.53 bits per heavy atom. The lowest BCUT2D eigenvalue weighted by Gasteiger charge is -2.38. The summed E-state index contributed by atoms with van der Waals surface area (Å²) in [6.45, 7) is 2.21. The molecule has 174 valence electrons. The van der Waals surface area contributed by atoms with Crippen LogP contribution in [0.5, 0.6) is 5.75 Å². The number of carboxylic acids is 1. The van der Waals surface area contributed by atoms with Gasteiger partial charge in [0.15, 0.2) is 6.61 Å². The van der Waals surface area contributed by atoms with Gasteiger partial charge in [-0.3, -0.25) is 4.79 Å². The summed E-state index contributed by atoms with van der Waals surface area (Å²) in [5.41, 5.74) is 5.36. The van der Waals surface area contributed by atoms with Gasteiger partial charge in [0.25, 0.3) is 0 Å². The zero-order valence-corrected chi connectivity index (χ0v) is 19.7. The number of ether oxygens (including phenoxy) is 1. The molecule has 5 nitrogen and oxygen atoms in total. The fraction of sp³-hybridized carbons (Fsp3) is 0.286. The standard InChI is InChI=1S/C28H26ClNO4/c1-17-6-2-4-8-20(17)22-15-23(22)28(33)30-13-12-18-7-3-5-9-21(18)27(30)24-14-19(29)10-11-25(24)34-16-26(31)32/h2-11,14,22-23,27H,12-13,15-16H2,1H3,(H,31,32)/t22-,23+,27?/m0/s1. The Morgan fingerprint density at radius 1 is 1.03 bits per heavy atom. The van der Waals surface area contributed by atoms with Crippen LogP contribution < -0.4 is 4.74 Å². The number of carbonyl (C=O) groups excluding carboxylic acids is 1. The van der Waals surface area contributed by atoms with Crippen molar-refractivity contribution in [1.29, 1.82) is 0 Å². The van der Waals surface area contributed by atoms with E-state index in [1.54, 1.807) is 18.2 Å². The lowest BCUT2D eigenvalue weighted by atomic mass is 9.87. The van der Waals surface area contributed by atoms with Gasteiger partial charge in [0, 0.05) is 23.0 Å². The van der Waals surface area contributed by atoms with Crippen molar-refractivity contribution in [2.24, 2.45) is 5.92 Å². The van der Waals surface area contributed by atoms with E-state index >= 15 is 0 Å². The first-order valence-electron chi connectivity index (χ1n) is 11.5. The Kier molecular flexibility index (Phi) is 6.05. The first-order chi connectivity index (χ1) is 16.4. The van der Waals surface area contributed by atoms with E-state index in [2.05, 4.69) is 25.1 Å². The van der Waals surface area contributed by atoms with E-state index in [1.807, 2.05) is 35.2 Å². The molecule has 5 rings (SSSR count). The number of fused-ring (bicyclic) bond motifs is 1. The average Bonchev–Trinajstić information content (AvgIpc) is 3.63. The number of carbonyl (C=O) groups is 2. The van der Waals surface area contributed by atoms with Gasteiger partial charge in [-0.15, -0.1) is 0 Å². The molecule has 1 N–H and O–H groups in total. The number of halogens is 1. The van der Waals surface area contributed by atoms with Crippen molar-refractivity contribution < 1.29 is 19.4 Å². The molecule has 3 aromatic carbocycles. The topological polar surface area (TPSA) is 66.8 Å². The smallest absolute Gasteiger partial charge is 0.341 e. The van der Waals surface area contributed by atoms with Gasteiger partial charge < -0.3 is 14.7 Å². The van der Waals surface area contributed by atoms with E-state index in [0.29, 0.717) is 22.9 Å². The number of hydrogen-bond donors (Lipinski definition) is 1. The largest absolute Gasteiger partial charge is 0.482 e. The molecule has 1 fully saturated rings. The van der Waals surface area contributed by atoms with Crippen LogP contribution >= 0.6 is 11.6 Å². The molecule has 0 saturated heterocycles. The summed E-state index contributed by atoms with van der Waals surface area (Å²) in [5, 5.41) is 9.67. The van der Waals surface area contributed by atoms with Gasteiger partial charge in [-0.2, -0.15) is 0 Å². The Morgan fingerprint density at radius 2 is 1.76 bits per heavy atom. The highest BCUT2D eigenvalue weighted by molar-refractivity contribution is 6.30. The molecule has 3 aromatic rings. The number of rotatable bonds is 6. The third-order valence-corrected chi connectivity index (χ3v) is 7.11. The van der Waals surface area contributed by atoms with Crippen LogP contribution in [0.3, 0.4) is 0 Å². The molecule has 1 aliphatic carbocycles. The van der Waals surface area contributed by atoms with Crippen LogP contribution in [0.2, 0.25) is 5.02 Å². The van der Waals surface area contributed by atoms with Crippen LogP contribution in [-0.4, -0.2) is 35.0 Å². The van der Waals surface area contributed by atoms with E-state index in [1.165, 1.54) is 16.7 Å². The quantitative estimate of drug-likeness (QED) is 0.519. The minimum Gasteiger partial charge on any atom is -0.482 e. The number of aryl methyl sites for hydroxylation is 1. The molecule has 1 amide bonds. The molecule has 3 atom stereocenters. The summed E-state index contributed by atoms with van der Waals surface area (Å²) in [6, 6.07) is 21.1. The summed E-state index contributed by atoms with van der Waals surface area (Å²) in [7, 11) is 0. The van der Waals surface area contributed by atoms with Gasteiger partial charge >= 0.3 is 5.97 Å². The molecule has 34 heavy (non-hydrogen) atoms. The molecule has 2 aliphatic rings. The van der Waals surface area contributed by atoms with E-state index in [-0.39, 0.29) is 17.7 Å². The van der Waals surface area contributed by atoms with Gasteiger partial charge in [0.2, 0.25) is 5.91 Å². The molecule has 1 unspecified atom stereocenters. The second-order valence-corrected chi connectivity index (χ2v) is 9.49. The lowest BCUT2D eigenvalue weighted by Crippen LogP contribution is -2.41. The normalized spacial score (nSPS) is 21.0. The van der Waals surface area contributed by atoms with Crippen molar-refractivity contribution in [3.63, 3.8) is 0 Å². The Labute approximate surface area is 203 Å². The van der Waals surface area contributed by atoms with Crippen LogP contribution in [-0.2, 0) is 16.0 Å². The van der Waals surface area contributed by atoms with Crippen molar-refractivity contribution in [3.8, 4) is 5.75 Å². The summed E-state index contributed by atoms with van der Waals surface area (Å²) in [5.74, 6) is -0.337. The molecule has 6 heteroatoms. The first-order valence-corrected chi connectivity index (χ1v) is 11.9. The maximum atomic E-state index is 13.9. The first kappa shape index (κ1) is 22.5. The minimum atomic E-state index is -1.06. The molecule has 1 saturated carbocycles. The molecule has 0 aromatic heterocycles. The number of amides is 1. The van der Waals surface area contributed by atoms with Crippen LogP contribution in [0.25, 0.3) is 0 Å². The average molecular weight is 476 g/mol. The lowest BCUT2D eigenvalue weighted by molar-refractivity contribution is -0.139. The number of hydrogen-bond acceptors (Lipinski definition) is 3. The zero-order valence-electron chi connectivity index (χ0n) is 18.9. The highest BCUT2D eigenvalue weighted by Gasteiger charge is 2.48. The third-order valence-electron chi connectivity index (χ3n) is 6.88. The molecule has 0 spiro atoms. The molecule has 1 aliphatic heterocycles. The number of benzene rings is 3. The van der Waals surface area contributed by atoms with E-state index in [0.717, 1.165) is 18.4 Å². The van der Waals surface area contributed by atoms with Crippen molar-refractivity contribution in [1.82, 2.24) is 4.90 Å². The van der Waals surface area contributed by atoms with Gasteiger partial charge in [-0.25, -0.2) is 4.79 Å². The number of aliphatic carboxylic acids is 1. The summed E-state index contributed by atoms with van der Waals surface area (Å²) >= 11 is 6.37. The van der Waals surface area contributed by atoms with Gasteiger partial charge in [0.05, 0.1) is 6.04 Å². The fourth-order valence-electron chi connectivity index (χ4n) is 5.17. The Balaban J connectivity index is 1.52. The van der Waals surface area contributed by atoms with Crippen molar-refractivity contribution >= 4 is 23.5 Å². The molecular weight excluding hydrogens is 450 g/mol. The number of nitrogens with zero attached hydrogens (tertiary/aromatic N) is 1. The Bertz CT molecular complexity index is 1260. The van der Waals surface area contributed by atoms with Gasteiger partial charge in [-0.1, -0.05) is 60.1 Å². The predicted molar refractivity (Wildman–Crippen MR) is 130 cm³/mol. The van der Waals surface area contributed by atoms with Crippen molar-refractivity contribution in [2.45, 2.75) is 31.7 Å². The maximum absolute atomic E-state index is 13.9. The predicted octanol–water partition coefficient (Wildman–Crippen LogP) is 5.39. The van der Waals surface area contributed by atoms with E-state index in [4.69, 9.17) is 21.4 Å². The second-order valence-electron chi connectivity index (χ2n) is 9.05. The van der Waals surface area contributed by atoms with E-state index in [9.17, 15) is 9.59 Å². The maximum Gasteiger partial charge on any atom is 0.341 e. The van der Waals surface area contributed by atoms with Crippen molar-refractivity contribution in [3.05, 3.63) is 99.6 Å². The van der Waals surface area contributed by atoms with Crippen LogP contribution in [0.15, 0.2) is 66.7 Å². The molecule has 0 radical (unpaired) electrons. The SMILES string of the molecule is Cc1ccccc1[C@@H]1C[C@H]1C(=O)N1CCc2ccccc2C1c1cc(Cl)ccc1OCC(=O)O.